The smallest absolute Gasteiger partial charge is 0.0494 e. The van der Waals surface area contributed by atoms with Gasteiger partial charge < -0.3 is 10.2 Å². The lowest BCUT2D eigenvalue weighted by atomic mass is 9.97. The summed E-state index contributed by atoms with van der Waals surface area (Å²) in [5.41, 5.74) is 1.28. The van der Waals surface area contributed by atoms with Gasteiger partial charge in [0.1, 0.15) is 0 Å². The zero-order valence-electron chi connectivity index (χ0n) is 10.8. The molecular weight excluding hydrogens is 246 g/mol. The van der Waals surface area contributed by atoms with E-state index in [1.54, 1.807) is 0 Å². The molecule has 0 radical (unpaired) electrons. The van der Waals surface area contributed by atoms with E-state index in [0.29, 0.717) is 12.1 Å². The maximum absolute atomic E-state index is 6.38. The second-order valence-corrected chi connectivity index (χ2v) is 5.76. The number of nitrogens with one attached hydrogen (secondary N) is 1. The Hall–Kier alpha value is -0.610. The van der Waals surface area contributed by atoms with Gasteiger partial charge >= 0.3 is 0 Å². The first-order valence-corrected chi connectivity index (χ1v) is 7.03. The molecule has 2 unspecified atom stereocenters. The summed E-state index contributed by atoms with van der Waals surface area (Å²) in [6, 6.07) is 9.32. The van der Waals surface area contributed by atoms with Gasteiger partial charge in [0.15, 0.2) is 0 Å². The van der Waals surface area contributed by atoms with Crippen LogP contribution in [0, 0.1) is 0 Å². The van der Waals surface area contributed by atoms with Crippen molar-refractivity contribution in [1.29, 1.82) is 0 Å². The summed E-state index contributed by atoms with van der Waals surface area (Å²) < 4.78 is 0. The van der Waals surface area contributed by atoms with Crippen molar-refractivity contribution in [1.82, 2.24) is 15.1 Å². The van der Waals surface area contributed by atoms with Gasteiger partial charge in [0, 0.05) is 49.8 Å². The van der Waals surface area contributed by atoms with Crippen LogP contribution in [0.2, 0.25) is 5.02 Å². The van der Waals surface area contributed by atoms with Crippen LogP contribution in [0.25, 0.3) is 0 Å². The number of fused-ring (bicyclic) bond motifs is 1. The number of halogens is 1. The monoisotopic (exact) mass is 265 g/mol. The van der Waals surface area contributed by atoms with Gasteiger partial charge in [0.2, 0.25) is 0 Å². The first-order chi connectivity index (χ1) is 8.75. The second-order valence-electron chi connectivity index (χ2n) is 5.35. The molecule has 2 atom stereocenters. The van der Waals surface area contributed by atoms with Crippen LogP contribution in [0.1, 0.15) is 11.6 Å². The number of piperazine rings is 2. The fourth-order valence-electron chi connectivity index (χ4n) is 3.21. The van der Waals surface area contributed by atoms with Crippen LogP contribution in [0.15, 0.2) is 24.3 Å². The van der Waals surface area contributed by atoms with Crippen LogP contribution < -0.4 is 5.32 Å². The standard InChI is InChI=1S/C14H20ClN3/c1-17-9-11-8-16-6-7-18(11)14(10-17)12-4-2-3-5-13(12)15/h2-5,11,14,16H,6-10H2,1H3. The fourth-order valence-corrected chi connectivity index (χ4v) is 3.47. The Kier molecular flexibility index (Phi) is 3.57. The minimum atomic E-state index is 0.435. The van der Waals surface area contributed by atoms with E-state index in [1.807, 2.05) is 12.1 Å². The van der Waals surface area contributed by atoms with E-state index in [1.165, 1.54) is 5.56 Å². The molecular formula is C14H20ClN3. The van der Waals surface area contributed by atoms with Gasteiger partial charge in [-0.05, 0) is 18.7 Å². The SMILES string of the molecule is CN1CC2CNCCN2C(c2ccccc2Cl)C1. The van der Waals surface area contributed by atoms with Crippen LogP contribution >= 0.6 is 11.6 Å². The van der Waals surface area contributed by atoms with Gasteiger partial charge in [-0.25, -0.2) is 0 Å². The molecule has 0 saturated carbocycles. The highest BCUT2D eigenvalue weighted by Crippen LogP contribution is 2.32. The number of hydrogen-bond donors (Lipinski definition) is 1. The van der Waals surface area contributed by atoms with Crippen LogP contribution in [0.3, 0.4) is 0 Å². The Labute approximate surface area is 114 Å². The van der Waals surface area contributed by atoms with E-state index in [0.717, 1.165) is 37.7 Å². The van der Waals surface area contributed by atoms with Crippen molar-refractivity contribution in [3.8, 4) is 0 Å². The van der Waals surface area contributed by atoms with Gasteiger partial charge in [-0.3, -0.25) is 4.90 Å². The third-order valence-electron chi connectivity index (χ3n) is 4.07. The normalized spacial score (nSPS) is 30.1. The van der Waals surface area contributed by atoms with Crippen molar-refractivity contribution < 1.29 is 0 Å². The Balaban J connectivity index is 1.91. The Morgan fingerprint density at radius 2 is 2.11 bits per heavy atom. The molecule has 3 rings (SSSR count). The first kappa shape index (κ1) is 12.4. The number of rotatable bonds is 1. The number of hydrogen-bond acceptors (Lipinski definition) is 3. The molecule has 2 aliphatic heterocycles. The van der Waals surface area contributed by atoms with Crippen molar-refractivity contribution in [2.24, 2.45) is 0 Å². The number of likely N-dealkylation sites (N-methyl/N-ethyl adjacent to an activating group) is 1. The lowest BCUT2D eigenvalue weighted by molar-refractivity contribution is 0.0195. The Morgan fingerprint density at radius 1 is 1.28 bits per heavy atom. The highest BCUT2D eigenvalue weighted by Gasteiger charge is 2.35. The molecule has 1 aromatic rings. The predicted octanol–water partition coefficient (Wildman–Crippen LogP) is 1.60. The summed E-state index contributed by atoms with van der Waals surface area (Å²) in [5.74, 6) is 0. The van der Waals surface area contributed by atoms with Crippen LogP contribution in [-0.2, 0) is 0 Å². The third-order valence-corrected chi connectivity index (χ3v) is 4.41. The molecule has 2 heterocycles. The molecule has 98 valence electrons. The van der Waals surface area contributed by atoms with Crippen molar-refractivity contribution in [2.45, 2.75) is 12.1 Å². The van der Waals surface area contributed by atoms with Gasteiger partial charge in [-0.1, -0.05) is 29.8 Å². The highest BCUT2D eigenvalue weighted by atomic mass is 35.5. The number of nitrogens with zero attached hydrogens (tertiary/aromatic N) is 2. The largest absolute Gasteiger partial charge is 0.314 e. The minimum Gasteiger partial charge on any atom is -0.314 e. The molecule has 0 amide bonds. The molecule has 0 spiro atoms. The fraction of sp³-hybridized carbons (Fsp3) is 0.571. The topological polar surface area (TPSA) is 18.5 Å². The predicted molar refractivity (Wildman–Crippen MR) is 75.1 cm³/mol. The summed E-state index contributed by atoms with van der Waals surface area (Å²) in [4.78, 5) is 5.04. The van der Waals surface area contributed by atoms with Crippen LogP contribution in [0.4, 0.5) is 0 Å². The van der Waals surface area contributed by atoms with Gasteiger partial charge in [-0.15, -0.1) is 0 Å². The van der Waals surface area contributed by atoms with E-state index in [-0.39, 0.29) is 0 Å². The molecule has 0 aromatic heterocycles. The highest BCUT2D eigenvalue weighted by molar-refractivity contribution is 6.31. The summed E-state index contributed by atoms with van der Waals surface area (Å²) in [6.45, 7) is 5.51. The zero-order chi connectivity index (χ0) is 12.5. The molecule has 0 aliphatic carbocycles. The lowest BCUT2D eigenvalue weighted by Gasteiger charge is -2.48. The molecule has 2 fully saturated rings. The molecule has 1 aromatic carbocycles. The zero-order valence-corrected chi connectivity index (χ0v) is 11.5. The molecule has 0 bridgehead atoms. The van der Waals surface area contributed by atoms with E-state index in [9.17, 15) is 0 Å². The third kappa shape index (κ3) is 2.28. The maximum atomic E-state index is 6.38. The van der Waals surface area contributed by atoms with Gasteiger partial charge in [0.05, 0.1) is 0 Å². The van der Waals surface area contributed by atoms with Crippen LogP contribution in [-0.4, -0.2) is 55.6 Å². The summed E-state index contributed by atoms with van der Waals surface area (Å²) in [7, 11) is 2.20. The molecule has 1 N–H and O–H groups in total. The van der Waals surface area contributed by atoms with Crippen molar-refractivity contribution in [2.75, 3.05) is 39.8 Å². The van der Waals surface area contributed by atoms with E-state index >= 15 is 0 Å². The quantitative estimate of drug-likeness (QED) is 0.832. The van der Waals surface area contributed by atoms with Crippen molar-refractivity contribution >= 4 is 11.6 Å². The summed E-state index contributed by atoms with van der Waals surface area (Å²) in [5, 5.41) is 4.39. The summed E-state index contributed by atoms with van der Waals surface area (Å²) >= 11 is 6.38. The van der Waals surface area contributed by atoms with Gasteiger partial charge in [-0.2, -0.15) is 0 Å². The van der Waals surface area contributed by atoms with Gasteiger partial charge in [0.25, 0.3) is 0 Å². The lowest BCUT2D eigenvalue weighted by Crippen LogP contribution is -2.61. The second kappa shape index (κ2) is 5.17. The molecule has 2 saturated heterocycles. The van der Waals surface area contributed by atoms with Crippen LogP contribution in [0.5, 0.6) is 0 Å². The molecule has 3 nitrogen and oxygen atoms in total. The Bertz CT molecular complexity index is 423. The van der Waals surface area contributed by atoms with E-state index < -0.39 is 0 Å². The minimum absolute atomic E-state index is 0.435. The van der Waals surface area contributed by atoms with E-state index in [2.05, 4.69) is 34.3 Å². The molecule has 2 aliphatic rings. The van der Waals surface area contributed by atoms with Crippen molar-refractivity contribution in [3.05, 3.63) is 34.9 Å². The van der Waals surface area contributed by atoms with Crippen molar-refractivity contribution in [3.63, 3.8) is 0 Å². The summed E-state index contributed by atoms with van der Waals surface area (Å²) in [6.07, 6.45) is 0. The molecule has 18 heavy (non-hydrogen) atoms. The number of benzene rings is 1. The average Bonchev–Trinajstić information content (AvgIpc) is 2.38. The van der Waals surface area contributed by atoms with E-state index in [4.69, 9.17) is 11.6 Å². The average molecular weight is 266 g/mol. The Morgan fingerprint density at radius 3 is 2.94 bits per heavy atom. The molecule has 4 heteroatoms. The maximum Gasteiger partial charge on any atom is 0.0494 e. The first-order valence-electron chi connectivity index (χ1n) is 6.65.